The van der Waals surface area contributed by atoms with Crippen molar-refractivity contribution in [3.8, 4) is 0 Å². The molecule has 0 aromatic rings. The number of carboxylic acids is 1. The molecule has 112 valence electrons. The lowest BCUT2D eigenvalue weighted by Gasteiger charge is -2.34. The van der Waals surface area contributed by atoms with Crippen LogP contribution in [0.15, 0.2) is 29.5 Å². The Morgan fingerprint density at radius 1 is 1.50 bits per heavy atom. The van der Waals surface area contributed by atoms with E-state index in [9.17, 15) is 4.79 Å². The molecular weight excluding hydrogens is 254 g/mol. The van der Waals surface area contributed by atoms with Gasteiger partial charge in [0.1, 0.15) is 12.4 Å². The number of hydrogen-bond acceptors (Lipinski definition) is 3. The van der Waals surface area contributed by atoms with Crippen LogP contribution in [0, 0.1) is 0 Å². The fraction of sp³-hybridized carbons (Fsp3) is 0.600. The number of carboxylic acid groups (broad SMARTS) is 1. The van der Waals surface area contributed by atoms with Gasteiger partial charge in [0.2, 0.25) is 5.84 Å². The Morgan fingerprint density at radius 3 is 2.85 bits per heavy atom. The van der Waals surface area contributed by atoms with Gasteiger partial charge < -0.3 is 5.11 Å². The molecule has 1 heterocycles. The second-order valence-electron chi connectivity index (χ2n) is 5.24. The third kappa shape index (κ3) is 4.28. The van der Waals surface area contributed by atoms with Crippen molar-refractivity contribution in [2.75, 3.05) is 6.54 Å². The zero-order valence-corrected chi connectivity index (χ0v) is 12.5. The van der Waals surface area contributed by atoms with Crippen molar-refractivity contribution in [1.29, 1.82) is 0 Å². The second kappa shape index (κ2) is 7.97. The maximum atomic E-state index is 11.1. The molecule has 0 spiro atoms. The summed E-state index contributed by atoms with van der Waals surface area (Å²) in [5.74, 6) is -0.0670. The number of aliphatic imine (C=N–C) groups is 1. The van der Waals surface area contributed by atoms with Crippen LogP contribution < -0.4 is 5.73 Å². The second-order valence-corrected chi connectivity index (χ2v) is 5.24. The molecule has 0 aromatic heterocycles. The SMILES string of the molecule is CCCCC/C=C/CC1=NC=C[N+]1(CC(=O)O)C(C)N. The van der Waals surface area contributed by atoms with Gasteiger partial charge in [-0.05, 0) is 12.8 Å². The van der Waals surface area contributed by atoms with Crippen LogP contribution in [0.3, 0.4) is 0 Å². The molecular formula is C15H26N3O2+. The van der Waals surface area contributed by atoms with Crippen LogP contribution in [0.5, 0.6) is 0 Å². The summed E-state index contributed by atoms with van der Waals surface area (Å²) in [6, 6.07) is 0. The van der Waals surface area contributed by atoms with E-state index in [2.05, 4.69) is 24.1 Å². The molecule has 0 fully saturated rings. The number of aliphatic carboxylic acids is 1. The van der Waals surface area contributed by atoms with E-state index in [4.69, 9.17) is 10.8 Å². The van der Waals surface area contributed by atoms with Gasteiger partial charge in [-0.15, -0.1) is 0 Å². The van der Waals surface area contributed by atoms with Crippen LogP contribution in [-0.4, -0.2) is 34.1 Å². The summed E-state index contributed by atoms with van der Waals surface area (Å²) in [5, 5.41) is 9.10. The molecule has 0 bridgehead atoms. The molecule has 1 rings (SSSR count). The Morgan fingerprint density at radius 2 is 2.25 bits per heavy atom. The molecule has 2 atom stereocenters. The first-order chi connectivity index (χ1) is 9.53. The normalized spacial score (nSPS) is 23.2. The molecule has 20 heavy (non-hydrogen) atoms. The van der Waals surface area contributed by atoms with Crippen LogP contribution >= 0.6 is 0 Å². The Bertz CT molecular complexity index is 413. The van der Waals surface area contributed by atoms with E-state index >= 15 is 0 Å². The van der Waals surface area contributed by atoms with E-state index in [1.807, 2.05) is 6.92 Å². The number of hydrogen-bond donors (Lipinski definition) is 2. The third-order valence-electron chi connectivity index (χ3n) is 3.60. The van der Waals surface area contributed by atoms with Gasteiger partial charge in [0, 0.05) is 6.92 Å². The molecule has 0 amide bonds. The molecule has 0 aliphatic carbocycles. The van der Waals surface area contributed by atoms with E-state index in [1.54, 1.807) is 12.4 Å². The zero-order valence-electron chi connectivity index (χ0n) is 12.5. The monoisotopic (exact) mass is 280 g/mol. The number of quaternary nitrogens is 1. The first-order valence-electron chi connectivity index (χ1n) is 7.27. The van der Waals surface area contributed by atoms with Crippen molar-refractivity contribution < 1.29 is 14.4 Å². The highest BCUT2D eigenvalue weighted by Gasteiger charge is 2.40. The lowest BCUT2D eigenvalue weighted by Crippen LogP contribution is -2.58. The molecule has 0 radical (unpaired) electrons. The van der Waals surface area contributed by atoms with E-state index < -0.39 is 5.97 Å². The van der Waals surface area contributed by atoms with Crippen molar-refractivity contribution >= 4 is 11.8 Å². The predicted molar refractivity (Wildman–Crippen MR) is 80.9 cm³/mol. The van der Waals surface area contributed by atoms with Crippen molar-refractivity contribution in [3.05, 3.63) is 24.6 Å². The highest BCUT2D eigenvalue weighted by atomic mass is 16.4. The quantitative estimate of drug-likeness (QED) is 0.387. The molecule has 0 saturated heterocycles. The summed E-state index contributed by atoms with van der Waals surface area (Å²) in [6.07, 6.45) is 12.7. The van der Waals surface area contributed by atoms with E-state index in [0.29, 0.717) is 6.42 Å². The summed E-state index contributed by atoms with van der Waals surface area (Å²) in [4.78, 5) is 15.4. The molecule has 1 aliphatic rings. The van der Waals surface area contributed by atoms with E-state index in [1.165, 1.54) is 19.3 Å². The standard InChI is InChI=1S/C15H25N3O2/c1-3-4-5-6-7-8-9-14-17-10-11-18(14,13(2)16)12-15(19)20/h7-8,10-11,13H,3-6,9,12,16H2,1-2H3/p+1/b8-7+. The van der Waals surface area contributed by atoms with Gasteiger partial charge >= 0.3 is 5.97 Å². The maximum absolute atomic E-state index is 11.1. The minimum Gasteiger partial charge on any atom is -0.477 e. The number of allylic oxidation sites excluding steroid dienone is 1. The average Bonchev–Trinajstić information content (AvgIpc) is 2.77. The van der Waals surface area contributed by atoms with E-state index in [0.717, 1.165) is 12.3 Å². The van der Waals surface area contributed by atoms with Crippen molar-refractivity contribution in [2.45, 2.75) is 52.1 Å². The average molecular weight is 280 g/mol. The fourth-order valence-corrected chi connectivity index (χ4v) is 2.36. The van der Waals surface area contributed by atoms with Gasteiger partial charge in [0.05, 0.1) is 12.6 Å². The lowest BCUT2D eigenvalue weighted by molar-refractivity contribution is -0.805. The van der Waals surface area contributed by atoms with Gasteiger partial charge in [0.15, 0.2) is 6.54 Å². The van der Waals surface area contributed by atoms with E-state index in [-0.39, 0.29) is 17.2 Å². The highest BCUT2D eigenvalue weighted by Crippen LogP contribution is 2.22. The Hall–Kier alpha value is -1.46. The summed E-state index contributed by atoms with van der Waals surface area (Å²) < 4.78 is 0.120. The predicted octanol–water partition coefficient (Wildman–Crippen LogP) is 2.60. The van der Waals surface area contributed by atoms with Gasteiger partial charge in [0.25, 0.3) is 0 Å². The largest absolute Gasteiger partial charge is 0.477 e. The fourth-order valence-electron chi connectivity index (χ4n) is 2.36. The summed E-state index contributed by atoms with van der Waals surface area (Å²) in [7, 11) is 0. The summed E-state index contributed by atoms with van der Waals surface area (Å²) in [6.45, 7) is 3.94. The molecule has 5 nitrogen and oxygen atoms in total. The summed E-state index contributed by atoms with van der Waals surface area (Å²) >= 11 is 0. The minimum absolute atomic E-state index is 0.0589. The Labute approximate surface area is 121 Å². The van der Waals surface area contributed by atoms with Gasteiger partial charge in [-0.3, -0.25) is 5.73 Å². The number of carbonyl (C=O) groups is 1. The van der Waals surface area contributed by atoms with Crippen molar-refractivity contribution in [2.24, 2.45) is 10.7 Å². The smallest absolute Gasteiger partial charge is 0.360 e. The minimum atomic E-state index is -0.867. The highest BCUT2D eigenvalue weighted by molar-refractivity contribution is 5.82. The molecule has 0 saturated carbocycles. The van der Waals surface area contributed by atoms with Gasteiger partial charge in [-0.25, -0.2) is 14.3 Å². The van der Waals surface area contributed by atoms with Gasteiger partial charge in [-0.2, -0.15) is 0 Å². The number of rotatable bonds is 9. The number of amidine groups is 1. The number of nitrogens with two attached hydrogens (primary N) is 1. The molecule has 2 unspecified atom stereocenters. The number of nitrogens with zero attached hydrogens (tertiary/aromatic N) is 2. The van der Waals surface area contributed by atoms with Gasteiger partial charge in [-0.1, -0.05) is 31.9 Å². The Balaban J connectivity index is 2.62. The Kier molecular flexibility index (Phi) is 6.61. The van der Waals surface area contributed by atoms with Crippen LogP contribution in [0.25, 0.3) is 0 Å². The van der Waals surface area contributed by atoms with Crippen LogP contribution in [0.1, 0.15) is 46.0 Å². The molecule has 5 heteroatoms. The topological polar surface area (TPSA) is 75.7 Å². The first kappa shape index (κ1) is 16.6. The van der Waals surface area contributed by atoms with Crippen LogP contribution in [0.4, 0.5) is 0 Å². The molecule has 1 aliphatic heterocycles. The lowest BCUT2D eigenvalue weighted by atomic mass is 10.2. The zero-order chi connectivity index (χ0) is 15.0. The third-order valence-corrected chi connectivity index (χ3v) is 3.60. The van der Waals surface area contributed by atoms with Crippen LogP contribution in [-0.2, 0) is 4.79 Å². The van der Waals surface area contributed by atoms with Crippen molar-refractivity contribution in [1.82, 2.24) is 0 Å². The summed E-state index contributed by atoms with van der Waals surface area (Å²) in [5.41, 5.74) is 5.99. The number of unbranched alkanes of at least 4 members (excludes halogenated alkanes) is 3. The van der Waals surface area contributed by atoms with Crippen LogP contribution in [0.2, 0.25) is 0 Å². The molecule has 0 aromatic carbocycles. The molecule has 3 N–H and O–H groups in total. The first-order valence-corrected chi connectivity index (χ1v) is 7.27. The maximum Gasteiger partial charge on any atom is 0.360 e. The van der Waals surface area contributed by atoms with Crippen molar-refractivity contribution in [3.63, 3.8) is 0 Å².